The number of amides is 2. The highest BCUT2D eigenvalue weighted by molar-refractivity contribution is 6.02. The molecule has 7 heteroatoms. The third-order valence-electron chi connectivity index (χ3n) is 3.11. The van der Waals surface area contributed by atoms with Crippen LogP contribution in [0.15, 0.2) is 54.6 Å². The van der Waals surface area contributed by atoms with E-state index in [2.05, 4.69) is 10.6 Å². The Kier molecular flexibility index (Phi) is 6.00. The quantitative estimate of drug-likeness (QED) is 0.702. The Labute approximate surface area is 143 Å². The van der Waals surface area contributed by atoms with Crippen molar-refractivity contribution in [3.05, 3.63) is 71.6 Å². The van der Waals surface area contributed by atoms with Crippen molar-refractivity contribution in [3.8, 4) is 0 Å². The molecule has 3 N–H and O–H groups in total. The van der Waals surface area contributed by atoms with Crippen LogP contribution in [0.3, 0.4) is 0 Å². The van der Waals surface area contributed by atoms with Gasteiger partial charge in [-0.05, 0) is 48.0 Å². The highest BCUT2D eigenvalue weighted by atomic mass is 19.1. The molecule has 0 heterocycles. The summed E-state index contributed by atoms with van der Waals surface area (Å²) in [6, 6.07) is 11.7. The number of benzene rings is 2. The molecule has 0 bridgehead atoms. The lowest BCUT2D eigenvalue weighted by molar-refractivity contribution is -0.135. The molecular weight excluding hydrogens is 327 g/mol. The van der Waals surface area contributed by atoms with E-state index in [-0.39, 0.29) is 17.3 Å². The second kappa shape index (κ2) is 8.39. The lowest BCUT2D eigenvalue weighted by atomic mass is 10.2. The van der Waals surface area contributed by atoms with Gasteiger partial charge in [0.1, 0.15) is 12.4 Å². The van der Waals surface area contributed by atoms with Crippen molar-refractivity contribution in [2.75, 3.05) is 11.9 Å². The third kappa shape index (κ3) is 5.91. The molecule has 0 fully saturated rings. The average molecular weight is 342 g/mol. The van der Waals surface area contributed by atoms with E-state index in [4.69, 9.17) is 5.11 Å². The first-order valence-corrected chi connectivity index (χ1v) is 7.29. The summed E-state index contributed by atoms with van der Waals surface area (Å²) in [6.45, 7) is -0.467. The molecule has 2 aromatic rings. The van der Waals surface area contributed by atoms with E-state index in [1.54, 1.807) is 18.2 Å². The number of anilines is 1. The summed E-state index contributed by atoms with van der Waals surface area (Å²) in [5, 5.41) is 13.4. The number of rotatable bonds is 6. The first-order valence-electron chi connectivity index (χ1n) is 7.29. The van der Waals surface area contributed by atoms with Crippen LogP contribution < -0.4 is 10.6 Å². The van der Waals surface area contributed by atoms with Gasteiger partial charge >= 0.3 is 5.97 Å². The fourth-order valence-electron chi connectivity index (χ4n) is 1.89. The summed E-state index contributed by atoms with van der Waals surface area (Å²) in [4.78, 5) is 33.9. The van der Waals surface area contributed by atoms with E-state index in [0.29, 0.717) is 11.3 Å². The zero-order valence-electron chi connectivity index (χ0n) is 13.0. The van der Waals surface area contributed by atoms with Gasteiger partial charge in [-0.3, -0.25) is 14.4 Å². The molecule has 25 heavy (non-hydrogen) atoms. The molecule has 0 aliphatic carbocycles. The summed E-state index contributed by atoms with van der Waals surface area (Å²) < 4.78 is 12.8. The van der Waals surface area contributed by atoms with Crippen molar-refractivity contribution in [1.82, 2.24) is 5.32 Å². The summed E-state index contributed by atoms with van der Waals surface area (Å²) in [7, 11) is 0. The number of hydrogen-bond acceptors (Lipinski definition) is 3. The van der Waals surface area contributed by atoms with E-state index in [9.17, 15) is 18.8 Å². The van der Waals surface area contributed by atoms with Gasteiger partial charge in [-0.2, -0.15) is 0 Å². The van der Waals surface area contributed by atoms with Gasteiger partial charge < -0.3 is 15.7 Å². The number of carboxylic acids is 1. The number of hydrogen-bond donors (Lipinski definition) is 3. The van der Waals surface area contributed by atoms with Crippen molar-refractivity contribution in [3.63, 3.8) is 0 Å². The van der Waals surface area contributed by atoms with Crippen LogP contribution in [0.25, 0.3) is 6.08 Å². The van der Waals surface area contributed by atoms with E-state index >= 15 is 0 Å². The van der Waals surface area contributed by atoms with Gasteiger partial charge in [-0.25, -0.2) is 4.39 Å². The van der Waals surface area contributed by atoms with Crippen LogP contribution in [0, 0.1) is 5.82 Å². The topological polar surface area (TPSA) is 95.5 Å². The lowest BCUT2D eigenvalue weighted by Crippen LogP contribution is -2.29. The van der Waals surface area contributed by atoms with Gasteiger partial charge in [-0.1, -0.05) is 12.1 Å². The molecule has 0 unspecified atom stereocenters. The molecule has 6 nitrogen and oxygen atoms in total. The lowest BCUT2D eigenvalue weighted by Gasteiger charge is -2.05. The fraction of sp³-hybridized carbons (Fsp3) is 0.0556. The minimum Gasteiger partial charge on any atom is -0.480 e. The van der Waals surface area contributed by atoms with E-state index < -0.39 is 18.4 Å². The number of aliphatic carboxylic acids is 1. The molecule has 0 saturated carbocycles. The highest BCUT2D eigenvalue weighted by Gasteiger charge is 2.07. The maximum atomic E-state index is 12.8. The van der Waals surface area contributed by atoms with Crippen molar-refractivity contribution in [2.24, 2.45) is 0 Å². The summed E-state index contributed by atoms with van der Waals surface area (Å²) in [5.41, 5.74) is 1.44. The molecule has 128 valence electrons. The fourth-order valence-corrected chi connectivity index (χ4v) is 1.89. The minimum absolute atomic E-state index is 0.279. The predicted molar refractivity (Wildman–Crippen MR) is 90.5 cm³/mol. The zero-order chi connectivity index (χ0) is 18.2. The molecule has 2 rings (SSSR count). The molecule has 0 radical (unpaired) electrons. The first kappa shape index (κ1) is 17.9. The van der Waals surface area contributed by atoms with Crippen LogP contribution in [0.1, 0.15) is 15.9 Å². The summed E-state index contributed by atoms with van der Waals surface area (Å²) in [5.74, 6) is -2.39. The Morgan fingerprint density at radius 2 is 1.64 bits per heavy atom. The number of carboxylic acid groups (broad SMARTS) is 1. The Balaban J connectivity index is 1.91. The number of halogens is 1. The van der Waals surface area contributed by atoms with Crippen LogP contribution in [-0.4, -0.2) is 29.4 Å². The largest absolute Gasteiger partial charge is 0.480 e. The monoisotopic (exact) mass is 342 g/mol. The molecule has 2 aromatic carbocycles. The van der Waals surface area contributed by atoms with Crippen molar-refractivity contribution in [2.45, 2.75) is 0 Å². The second-order valence-corrected chi connectivity index (χ2v) is 5.03. The SMILES string of the molecule is O=C(O)CNC(=O)c1ccc(NC(=O)/C=C/c2ccc(F)cc2)cc1. The third-order valence-corrected chi connectivity index (χ3v) is 3.11. The number of carbonyl (C=O) groups is 3. The van der Waals surface area contributed by atoms with Crippen molar-refractivity contribution < 1.29 is 23.9 Å². The molecule has 0 aliphatic rings. The van der Waals surface area contributed by atoms with Gasteiger partial charge in [0.25, 0.3) is 5.91 Å². The van der Waals surface area contributed by atoms with Crippen LogP contribution in [-0.2, 0) is 9.59 Å². The van der Waals surface area contributed by atoms with Gasteiger partial charge in [0.05, 0.1) is 0 Å². The standard InChI is InChI=1S/C18H15FN2O4/c19-14-6-1-12(2-7-14)3-10-16(22)21-15-8-4-13(5-9-15)18(25)20-11-17(23)24/h1-10H,11H2,(H,20,25)(H,21,22)(H,23,24)/b10-3+. The molecule has 2 amide bonds. The van der Waals surface area contributed by atoms with Crippen LogP contribution >= 0.6 is 0 Å². The number of carbonyl (C=O) groups excluding carboxylic acids is 2. The molecule has 0 aliphatic heterocycles. The second-order valence-electron chi connectivity index (χ2n) is 5.03. The van der Waals surface area contributed by atoms with Crippen LogP contribution in [0.5, 0.6) is 0 Å². The highest BCUT2D eigenvalue weighted by Crippen LogP contribution is 2.10. The Hall–Kier alpha value is -3.48. The smallest absolute Gasteiger partial charge is 0.322 e. The molecule has 0 atom stereocenters. The predicted octanol–water partition coefficient (Wildman–Crippen LogP) is 2.29. The van der Waals surface area contributed by atoms with Gasteiger partial charge in [-0.15, -0.1) is 0 Å². The first-order chi connectivity index (χ1) is 11.9. The molecule has 0 aromatic heterocycles. The zero-order valence-corrected chi connectivity index (χ0v) is 13.0. The maximum Gasteiger partial charge on any atom is 0.322 e. The Morgan fingerprint density at radius 3 is 2.24 bits per heavy atom. The Morgan fingerprint density at radius 1 is 1.00 bits per heavy atom. The average Bonchev–Trinajstić information content (AvgIpc) is 2.60. The molecule has 0 spiro atoms. The van der Waals surface area contributed by atoms with Gasteiger partial charge in [0.2, 0.25) is 5.91 Å². The van der Waals surface area contributed by atoms with Gasteiger partial charge in [0, 0.05) is 17.3 Å². The summed E-state index contributed by atoms with van der Waals surface area (Å²) in [6.07, 6.45) is 2.85. The van der Waals surface area contributed by atoms with Crippen molar-refractivity contribution in [1.29, 1.82) is 0 Å². The van der Waals surface area contributed by atoms with E-state index in [0.717, 1.165) is 0 Å². The van der Waals surface area contributed by atoms with E-state index in [1.165, 1.54) is 42.5 Å². The van der Waals surface area contributed by atoms with Crippen molar-refractivity contribution >= 4 is 29.5 Å². The number of nitrogens with one attached hydrogen (secondary N) is 2. The minimum atomic E-state index is -1.13. The van der Waals surface area contributed by atoms with Gasteiger partial charge in [0.15, 0.2) is 0 Å². The Bertz CT molecular complexity index is 799. The normalized spacial score (nSPS) is 10.4. The maximum absolute atomic E-state index is 12.8. The molecular formula is C18H15FN2O4. The molecule has 0 saturated heterocycles. The van der Waals surface area contributed by atoms with Crippen LogP contribution in [0.4, 0.5) is 10.1 Å². The summed E-state index contributed by atoms with van der Waals surface area (Å²) >= 11 is 0. The van der Waals surface area contributed by atoms with E-state index in [1.807, 2.05) is 0 Å². The van der Waals surface area contributed by atoms with Crippen LogP contribution in [0.2, 0.25) is 0 Å².